The maximum absolute atomic E-state index is 12.2. The standard InChI is InChI=1S/C12H11BrINO3/c1-2-5-15(7-11(16)17)12(18)9-6-8(13)3-4-10(9)14/h2-4,6H,1,5,7H2,(H,16,17). The van der Waals surface area contributed by atoms with E-state index in [1.54, 1.807) is 12.1 Å². The average Bonchev–Trinajstić information content (AvgIpc) is 2.30. The Bertz CT molecular complexity index is 490. The third-order valence-electron chi connectivity index (χ3n) is 2.12. The molecule has 0 bridgehead atoms. The van der Waals surface area contributed by atoms with Crippen molar-refractivity contribution in [1.82, 2.24) is 4.90 Å². The fraction of sp³-hybridized carbons (Fsp3) is 0.167. The number of carbonyl (C=O) groups is 2. The number of hydrogen-bond acceptors (Lipinski definition) is 2. The molecule has 0 saturated heterocycles. The number of nitrogens with zero attached hydrogens (tertiary/aromatic N) is 1. The van der Waals surface area contributed by atoms with Gasteiger partial charge in [-0.2, -0.15) is 0 Å². The van der Waals surface area contributed by atoms with Crippen LogP contribution in [-0.2, 0) is 4.79 Å². The first kappa shape index (κ1) is 15.2. The molecule has 0 spiro atoms. The van der Waals surface area contributed by atoms with Gasteiger partial charge in [0, 0.05) is 14.6 Å². The predicted molar refractivity (Wildman–Crippen MR) is 80.6 cm³/mol. The molecule has 0 fully saturated rings. The molecule has 0 aliphatic heterocycles. The third kappa shape index (κ3) is 4.09. The zero-order valence-corrected chi connectivity index (χ0v) is 13.1. The molecule has 96 valence electrons. The number of amides is 1. The molecule has 0 saturated carbocycles. The summed E-state index contributed by atoms with van der Waals surface area (Å²) < 4.78 is 1.56. The maximum Gasteiger partial charge on any atom is 0.323 e. The van der Waals surface area contributed by atoms with Crippen molar-refractivity contribution >= 4 is 50.4 Å². The quantitative estimate of drug-likeness (QED) is 0.585. The van der Waals surface area contributed by atoms with Crippen molar-refractivity contribution in [2.24, 2.45) is 0 Å². The number of rotatable bonds is 5. The Morgan fingerprint density at radius 2 is 2.17 bits per heavy atom. The molecule has 0 atom stereocenters. The maximum atomic E-state index is 12.2. The van der Waals surface area contributed by atoms with E-state index in [2.05, 4.69) is 22.5 Å². The molecular formula is C12H11BrINO3. The molecule has 4 nitrogen and oxygen atoms in total. The lowest BCUT2D eigenvalue weighted by molar-refractivity contribution is -0.137. The molecule has 1 amide bonds. The van der Waals surface area contributed by atoms with E-state index in [1.807, 2.05) is 28.7 Å². The Morgan fingerprint density at radius 3 is 2.72 bits per heavy atom. The summed E-state index contributed by atoms with van der Waals surface area (Å²) in [6.45, 7) is 3.39. The molecule has 0 aromatic heterocycles. The van der Waals surface area contributed by atoms with E-state index in [0.717, 1.165) is 8.04 Å². The Kier molecular flexibility index (Phi) is 5.80. The summed E-state index contributed by atoms with van der Waals surface area (Å²) in [6.07, 6.45) is 1.51. The lowest BCUT2D eigenvalue weighted by Gasteiger charge is -2.19. The normalized spacial score (nSPS) is 9.89. The van der Waals surface area contributed by atoms with Crippen LogP contribution in [0.1, 0.15) is 10.4 Å². The highest BCUT2D eigenvalue weighted by atomic mass is 127. The lowest BCUT2D eigenvalue weighted by atomic mass is 10.2. The van der Waals surface area contributed by atoms with Gasteiger partial charge in [-0.3, -0.25) is 9.59 Å². The number of halogens is 2. The number of carboxylic acid groups (broad SMARTS) is 1. The Hall–Kier alpha value is -0.890. The minimum Gasteiger partial charge on any atom is -0.480 e. The minimum absolute atomic E-state index is 0.202. The second-order valence-corrected chi connectivity index (χ2v) is 5.57. The molecule has 1 aromatic carbocycles. The number of benzene rings is 1. The second-order valence-electron chi connectivity index (χ2n) is 3.49. The van der Waals surface area contributed by atoms with Crippen LogP contribution < -0.4 is 0 Å². The Balaban J connectivity index is 3.04. The zero-order chi connectivity index (χ0) is 13.7. The summed E-state index contributed by atoms with van der Waals surface area (Å²) in [6, 6.07) is 5.31. The van der Waals surface area contributed by atoms with Gasteiger partial charge in [0.15, 0.2) is 0 Å². The lowest BCUT2D eigenvalue weighted by Crippen LogP contribution is -2.36. The van der Waals surface area contributed by atoms with Gasteiger partial charge < -0.3 is 10.0 Å². The predicted octanol–water partition coefficient (Wildman–Crippen LogP) is 2.77. The SMILES string of the molecule is C=CCN(CC(=O)O)C(=O)c1cc(Br)ccc1I. The second kappa shape index (κ2) is 6.89. The van der Waals surface area contributed by atoms with Gasteiger partial charge in [0.25, 0.3) is 5.91 Å². The minimum atomic E-state index is -1.05. The summed E-state index contributed by atoms with van der Waals surface area (Å²) in [4.78, 5) is 24.2. The summed E-state index contributed by atoms with van der Waals surface area (Å²) in [7, 11) is 0. The van der Waals surface area contributed by atoms with E-state index < -0.39 is 5.97 Å². The molecule has 0 unspecified atom stereocenters. The number of carbonyl (C=O) groups excluding carboxylic acids is 1. The highest BCUT2D eigenvalue weighted by Crippen LogP contribution is 2.20. The van der Waals surface area contributed by atoms with Crippen LogP contribution in [0.5, 0.6) is 0 Å². The van der Waals surface area contributed by atoms with Crippen molar-refractivity contribution in [2.75, 3.05) is 13.1 Å². The highest BCUT2D eigenvalue weighted by Gasteiger charge is 2.19. The summed E-state index contributed by atoms with van der Waals surface area (Å²) in [5, 5.41) is 8.79. The van der Waals surface area contributed by atoms with Crippen molar-refractivity contribution in [3.8, 4) is 0 Å². The van der Waals surface area contributed by atoms with E-state index in [0.29, 0.717) is 5.56 Å². The van der Waals surface area contributed by atoms with Crippen molar-refractivity contribution < 1.29 is 14.7 Å². The summed E-state index contributed by atoms with van der Waals surface area (Å²) >= 11 is 5.34. The summed E-state index contributed by atoms with van der Waals surface area (Å²) in [5.41, 5.74) is 0.480. The number of carboxylic acids is 1. The van der Waals surface area contributed by atoms with E-state index in [1.165, 1.54) is 11.0 Å². The number of hydrogen-bond donors (Lipinski definition) is 1. The molecule has 18 heavy (non-hydrogen) atoms. The van der Waals surface area contributed by atoms with Crippen LogP contribution in [0.4, 0.5) is 0 Å². The molecule has 1 rings (SSSR count). The van der Waals surface area contributed by atoms with Crippen LogP contribution in [0.25, 0.3) is 0 Å². The molecule has 6 heteroatoms. The molecule has 0 heterocycles. The first-order chi connectivity index (χ1) is 8.45. The third-order valence-corrected chi connectivity index (χ3v) is 3.56. The van der Waals surface area contributed by atoms with Crippen molar-refractivity contribution in [2.45, 2.75) is 0 Å². The van der Waals surface area contributed by atoms with Crippen LogP contribution in [0.15, 0.2) is 35.3 Å². The van der Waals surface area contributed by atoms with Gasteiger partial charge in [-0.25, -0.2) is 0 Å². The van der Waals surface area contributed by atoms with Crippen molar-refractivity contribution in [3.63, 3.8) is 0 Å². The van der Waals surface area contributed by atoms with E-state index in [-0.39, 0.29) is 19.0 Å². The van der Waals surface area contributed by atoms with Gasteiger partial charge in [-0.05, 0) is 40.8 Å². The first-order valence-corrected chi connectivity index (χ1v) is 6.90. The molecule has 1 aromatic rings. The molecular weight excluding hydrogens is 413 g/mol. The topological polar surface area (TPSA) is 57.6 Å². The van der Waals surface area contributed by atoms with Gasteiger partial charge in [-0.1, -0.05) is 22.0 Å². The molecule has 1 N–H and O–H groups in total. The fourth-order valence-corrected chi connectivity index (χ4v) is 2.30. The van der Waals surface area contributed by atoms with Gasteiger partial charge >= 0.3 is 5.97 Å². The molecule has 0 radical (unpaired) electrons. The number of aliphatic carboxylic acids is 1. The van der Waals surface area contributed by atoms with E-state index >= 15 is 0 Å². The Morgan fingerprint density at radius 1 is 1.50 bits per heavy atom. The first-order valence-electron chi connectivity index (χ1n) is 5.02. The smallest absolute Gasteiger partial charge is 0.323 e. The largest absolute Gasteiger partial charge is 0.480 e. The monoisotopic (exact) mass is 423 g/mol. The zero-order valence-electron chi connectivity index (χ0n) is 9.40. The van der Waals surface area contributed by atoms with Gasteiger partial charge in [0.05, 0.1) is 5.56 Å². The molecule has 0 aliphatic rings. The van der Waals surface area contributed by atoms with E-state index in [4.69, 9.17) is 5.11 Å². The molecule has 0 aliphatic carbocycles. The Labute approximate surface area is 127 Å². The van der Waals surface area contributed by atoms with Crippen LogP contribution in [0, 0.1) is 3.57 Å². The van der Waals surface area contributed by atoms with Crippen LogP contribution in [-0.4, -0.2) is 35.0 Å². The van der Waals surface area contributed by atoms with Crippen molar-refractivity contribution in [3.05, 3.63) is 44.5 Å². The van der Waals surface area contributed by atoms with Crippen LogP contribution in [0.3, 0.4) is 0 Å². The van der Waals surface area contributed by atoms with Gasteiger partial charge in [0.1, 0.15) is 6.54 Å². The van der Waals surface area contributed by atoms with Crippen LogP contribution >= 0.6 is 38.5 Å². The van der Waals surface area contributed by atoms with Gasteiger partial charge in [-0.15, -0.1) is 6.58 Å². The average molecular weight is 424 g/mol. The van der Waals surface area contributed by atoms with Gasteiger partial charge in [0.2, 0.25) is 0 Å². The fourth-order valence-electron chi connectivity index (χ4n) is 1.37. The highest BCUT2D eigenvalue weighted by molar-refractivity contribution is 14.1. The van der Waals surface area contributed by atoms with E-state index in [9.17, 15) is 9.59 Å². The van der Waals surface area contributed by atoms with Crippen molar-refractivity contribution in [1.29, 1.82) is 0 Å². The van der Waals surface area contributed by atoms with Crippen LogP contribution in [0.2, 0.25) is 0 Å². The summed E-state index contributed by atoms with van der Waals surface area (Å²) in [5.74, 6) is -1.36.